The fourth-order valence-electron chi connectivity index (χ4n) is 2.40. The molecule has 1 atom stereocenters. The minimum absolute atomic E-state index is 0.757. The molecule has 2 saturated carbocycles. The van der Waals surface area contributed by atoms with Crippen molar-refractivity contribution in [3.8, 4) is 0 Å². The monoisotopic (exact) mass is 210 g/mol. The van der Waals surface area contributed by atoms with E-state index in [2.05, 4.69) is 24.1 Å². The molecule has 2 fully saturated rings. The van der Waals surface area contributed by atoms with Crippen molar-refractivity contribution in [2.45, 2.75) is 58.0 Å². The molecule has 0 aromatic carbocycles. The molecule has 2 nitrogen and oxygen atoms in total. The van der Waals surface area contributed by atoms with Gasteiger partial charge in [-0.3, -0.25) is 4.90 Å². The van der Waals surface area contributed by atoms with E-state index < -0.39 is 0 Å². The van der Waals surface area contributed by atoms with E-state index in [9.17, 15) is 0 Å². The van der Waals surface area contributed by atoms with Crippen LogP contribution < -0.4 is 5.32 Å². The molecule has 0 bridgehead atoms. The fraction of sp³-hybridized carbons (Fsp3) is 1.00. The Bertz CT molecular complexity index is 185. The van der Waals surface area contributed by atoms with Crippen molar-refractivity contribution >= 4 is 0 Å². The SMILES string of the molecule is CCCN(CCNC(C)C1CC1)C1CC1. The number of nitrogens with zero attached hydrogens (tertiary/aromatic N) is 1. The first-order valence-electron chi connectivity index (χ1n) is 6.78. The second-order valence-electron chi connectivity index (χ2n) is 5.35. The lowest BCUT2D eigenvalue weighted by molar-refractivity contribution is 0.258. The molecular formula is C13H26N2. The minimum Gasteiger partial charge on any atom is -0.313 e. The molecule has 1 N–H and O–H groups in total. The summed E-state index contributed by atoms with van der Waals surface area (Å²) in [6.45, 7) is 8.38. The Morgan fingerprint density at radius 3 is 2.47 bits per heavy atom. The smallest absolute Gasteiger partial charge is 0.0110 e. The van der Waals surface area contributed by atoms with Crippen molar-refractivity contribution in [3.05, 3.63) is 0 Å². The molecule has 0 radical (unpaired) electrons. The Labute approximate surface area is 94.4 Å². The highest BCUT2D eigenvalue weighted by Gasteiger charge is 2.29. The van der Waals surface area contributed by atoms with Crippen LogP contribution in [-0.2, 0) is 0 Å². The predicted octanol–water partition coefficient (Wildman–Crippen LogP) is 2.25. The number of hydrogen-bond acceptors (Lipinski definition) is 2. The highest BCUT2D eigenvalue weighted by Crippen LogP contribution is 2.32. The molecule has 0 aliphatic heterocycles. The van der Waals surface area contributed by atoms with Gasteiger partial charge in [0.05, 0.1) is 0 Å². The van der Waals surface area contributed by atoms with Crippen LogP contribution in [0, 0.1) is 5.92 Å². The quantitative estimate of drug-likeness (QED) is 0.661. The molecule has 0 amide bonds. The molecular weight excluding hydrogens is 184 g/mol. The summed E-state index contributed by atoms with van der Waals surface area (Å²) in [7, 11) is 0. The van der Waals surface area contributed by atoms with Crippen molar-refractivity contribution < 1.29 is 0 Å². The molecule has 15 heavy (non-hydrogen) atoms. The Morgan fingerprint density at radius 2 is 1.93 bits per heavy atom. The van der Waals surface area contributed by atoms with Crippen molar-refractivity contribution in [1.29, 1.82) is 0 Å². The Hall–Kier alpha value is -0.0800. The summed E-state index contributed by atoms with van der Waals surface area (Å²) >= 11 is 0. The second kappa shape index (κ2) is 5.31. The van der Waals surface area contributed by atoms with Crippen LogP contribution in [0.15, 0.2) is 0 Å². The van der Waals surface area contributed by atoms with Gasteiger partial charge in [0.15, 0.2) is 0 Å². The predicted molar refractivity (Wildman–Crippen MR) is 65.1 cm³/mol. The average molecular weight is 210 g/mol. The molecule has 0 aromatic rings. The Morgan fingerprint density at radius 1 is 1.20 bits per heavy atom. The van der Waals surface area contributed by atoms with E-state index >= 15 is 0 Å². The highest BCUT2D eigenvalue weighted by molar-refractivity contribution is 4.86. The maximum Gasteiger partial charge on any atom is 0.0110 e. The Balaban J connectivity index is 1.57. The van der Waals surface area contributed by atoms with Gasteiger partial charge in [-0.2, -0.15) is 0 Å². The van der Waals surface area contributed by atoms with Crippen LogP contribution in [0.4, 0.5) is 0 Å². The second-order valence-corrected chi connectivity index (χ2v) is 5.35. The molecule has 2 aliphatic rings. The van der Waals surface area contributed by atoms with E-state index in [1.807, 2.05) is 0 Å². The van der Waals surface area contributed by atoms with Gasteiger partial charge in [-0.15, -0.1) is 0 Å². The standard InChI is InChI=1S/C13H26N2/c1-3-9-15(13-6-7-13)10-8-14-11(2)12-4-5-12/h11-14H,3-10H2,1-2H3. The van der Waals surface area contributed by atoms with Gasteiger partial charge < -0.3 is 5.32 Å². The van der Waals surface area contributed by atoms with Gasteiger partial charge in [-0.25, -0.2) is 0 Å². The molecule has 0 heterocycles. The van der Waals surface area contributed by atoms with E-state index in [0.717, 1.165) is 18.0 Å². The first-order chi connectivity index (χ1) is 7.31. The van der Waals surface area contributed by atoms with Crippen LogP contribution in [0.25, 0.3) is 0 Å². The number of nitrogens with one attached hydrogen (secondary N) is 1. The summed E-state index contributed by atoms with van der Waals surface area (Å²) in [5.74, 6) is 0.991. The third-order valence-corrected chi connectivity index (χ3v) is 3.77. The summed E-state index contributed by atoms with van der Waals surface area (Å²) < 4.78 is 0. The number of rotatable bonds is 8. The van der Waals surface area contributed by atoms with E-state index in [-0.39, 0.29) is 0 Å². The molecule has 0 spiro atoms. The molecule has 2 aliphatic carbocycles. The van der Waals surface area contributed by atoms with Crippen molar-refractivity contribution in [2.24, 2.45) is 5.92 Å². The van der Waals surface area contributed by atoms with Gasteiger partial charge in [0.1, 0.15) is 0 Å². The van der Waals surface area contributed by atoms with Crippen molar-refractivity contribution in [2.75, 3.05) is 19.6 Å². The summed E-state index contributed by atoms with van der Waals surface area (Å²) in [5, 5.41) is 3.67. The van der Waals surface area contributed by atoms with Crippen LogP contribution in [0.2, 0.25) is 0 Å². The molecule has 0 aromatic heterocycles. The molecule has 2 rings (SSSR count). The molecule has 1 unspecified atom stereocenters. The zero-order chi connectivity index (χ0) is 10.7. The van der Waals surface area contributed by atoms with E-state index in [4.69, 9.17) is 0 Å². The zero-order valence-corrected chi connectivity index (χ0v) is 10.3. The minimum atomic E-state index is 0.757. The van der Waals surface area contributed by atoms with Crippen LogP contribution in [-0.4, -0.2) is 36.6 Å². The van der Waals surface area contributed by atoms with Crippen LogP contribution >= 0.6 is 0 Å². The Kier molecular flexibility index (Phi) is 4.04. The fourth-order valence-corrected chi connectivity index (χ4v) is 2.40. The van der Waals surface area contributed by atoms with E-state index in [0.29, 0.717) is 0 Å². The molecule has 0 saturated heterocycles. The van der Waals surface area contributed by atoms with Gasteiger partial charge in [-0.1, -0.05) is 6.92 Å². The number of hydrogen-bond donors (Lipinski definition) is 1. The van der Waals surface area contributed by atoms with Crippen LogP contribution in [0.5, 0.6) is 0 Å². The summed E-state index contributed by atoms with van der Waals surface area (Å²) in [6.07, 6.45) is 7.09. The largest absolute Gasteiger partial charge is 0.313 e. The first kappa shape index (κ1) is 11.4. The van der Waals surface area contributed by atoms with Gasteiger partial charge in [0, 0.05) is 25.2 Å². The summed E-state index contributed by atoms with van der Waals surface area (Å²) in [6, 6.07) is 1.69. The van der Waals surface area contributed by atoms with Crippen LogP contribution in [0.3, 0.4) is 0 Å². The van der Waals surface area contributed by atoms with E-state index in [1.165, 1.54) is 51.7 Å². The molecule has 88 valence electrons. The topological polar surface area (TPSA) is 15.3 Å². The summed E-state index contributed by atoms with van der Waals surface area (Å²) in [5.41, 5.74) is 0. The maximum atomic E-state index is 3.67. The highest BCUT2D eigenvalue weighted by atomic mass is 15.2. The zero-order valence-electron chi connectivity index (χ0n) is 10.3. The van der Waals surface area contributed by atoms with Gasteiger partial charge in [0.25, 0.3) is 0 Å². The third-order valence-electron chi connectivity index (χ3n) is 3.77. The lowest BCUT2D eigenvalue weighted by Gasteiger charge is -2.22. The van der Waals surface area contributed by atoms with Crippen molar-refractivity contribution in [1.82, 2.24) is 10.2 Å². The first-order valence-corrected chi connectivity index (χ1v) is 6.78. The summed E-state index contributed by atoms with van der Waals surface area (Å²) in [4.78, 5) is 2.67. The average Bonchev–Trinajstić information content (AvgIpc) is 3.04. The lowest BCUT2D eigenvalue weighted by atomic mass is 10.2. The molecule has 2 heteroatoms. The third kappa shape index (κ3) is 3.76. The van der Waals surface area contributed by atoms with Crippen LogP contribution in [0.1, 0.15) is 46.0 Å². The van der Waals surface area contributed by atoms with E-state index in [1.54, 1.807) is 0 Å². The van der Waals surface area contributed by atoms with Crippen molar-refractivity contribution in [3.63, 3.8) is 0 Å². The lowest BCUT2D eigenvalue weighted by Crippen LogP contribution is -2.38. The van der Waals surface area contributed by atoms with Gasteiger partial charge in [-0.05, 0) is 51.5 Å². The van der Waals surface area contributed by atoms with Gasteiger partial charge >= 0.3 is 0 Å². The maximum absolute atomic E-state index is 3.67. The van der Waals surface area contributed by atoms with Gasteiger partial charge in [0.2, 0.25) is 0 Å². The normalized spacial score (nSPS) is 23.4.